The highest BCUT2D eigenvalue weighted by Gasteiger charge is 2.31. The predicted octanol–water partition coefficient (Wildman–Crippen LogP) is 3.56. The van der Waals surface area contributed by atoms with E-state index >= 15 is 0 Å². The first kappa shape index (κ1) is 17.7. The number of aldehydes is 1. The Hall–Kier alpha value is -1.32. The van der Waals surface area contributed by atoms with Crippen LogP contribution in [0.3, 0.4) is 0 Å². The number of carbonyl (C=O) groups excluding carboxylic acids is 2. The highest BCUT2D eigenvalue weighted by molar-refractivity contribution is 5.74. The third-order valence-electron chi connectivity index (χ3n) is 2.69. The zero-order chi connectivity index (χ0) is 15.1. The molecule has 0 bridgehead atoms. The summed E-state index contributed by atoms with van der Waals surface area (Å²) in [4.78, 5) is 23.7. The second-order valence-electron chi connectivity index (χ2n) is 5.83. The van der Waals surface area contributed by atoms with Crippen LogP contribution in [0.1, 0.15) is 53.9 Å². The van der Waals surface area contributed by atoms with Crippen LogP contribution >= 0.6 is 0 Å². The summed E-state index contributed by atoms with van der Waals surface area (Å²) in [5.74, 6) is 0. The first-order valence-electron chi connectivity index (χ1n) is 6.80. The molecule has 1 aliphatic heterocycles. The quantitative estimate of drug-likeness (QED) is 0.569. The van der Waals surface area contributed by atoms with E-state index in [1.54, 1.807) is 0 Å². The maximum Gasteiger partial charge on any atom is 0.410 e. The molecule has 0 aliphatic carbocycles. The molecule has 4 heteroatoms. The minimum Gasteiger partial charge on any atom is -0.444 e. The van der Waals surface area contributed by atoms with Gasteiger partial charge in [-0.1, -0.05) is 12.5 Å². The van der Waals surface area contributed by atoms with Gasteiger partial charge in [0.1, 0.15) is 11.9 Å². The molecule has 0 saturated carbocycles. The van der Waals surface area contributed by atoms with E-state index in [1.807, 2.05) is 27.7 Å². The smallest absolute Gasteiger partial charge is 0.410 e. The van der Waals surface area contributed by atoms with E-state index in [0.29, 0.717) is 6.54 Å². The number of nitrogens with zero attached hydrogens (tertiary/aromatic N) is 1. The van der Waals surface area contributed by atoms with E-state index in [0.717, 1.165) is 25.5 Å². The van der Waals surface area contributed by atoms with Crippen molar-refractivity contribution in [1.82, 2.24) is 4.90 Å². The minimum absolute atomic E-state index is 0.287. The van der Waals surface area contributed by atoms with Gasteiger partial charge < -0.3 is 9.53 Å². The number of hydrogen-bond acceptors (Lipinski definition) is 3. The van der Waals surface area contributed by atoms with Crippen LogP contribution in [-0.2, 0) is 9.53 Å². The number of amides is 1. The Labute approximate surface area is 116 Å². The molecule has 1 rings (SSSR count). The van der Waals surface area contributed by atoms with Crippen LogP contribution < -0.4 is 0 Å². The normalized spacial score (nSPS) is 18.4. The number of likely N-dealkylation sites (tertiary alicyclic amines) is 1. The van der Waals surface area contributed by atoms with E-state index in [1.165, 1.54) is 10.5 Å². The van der Waals surface area contributed by atoms with Crippen molar-refractivity contribution in [2.75, 3.05) is 6.54 Å². The van der Waals surface area contributed by atoms with Gasteiger partial charge in [-0.25, -0.2) is 4.79 Å². The fourth-order valence-corrected chi connectivity index (χ4v) is 1.48. The minimum atomic E-state index is -0.493. The average molecular weight is 269 g/mol. The molecule has 0 aromatic heterocycles. The number of rotatable bonds is 2. The van der Waals surface area contributed by atoms with Crippen molar-refractivity contribution in [2.45, 2.75) is 65.5 Å². The van der Waals surface area contributed by atoms with Crippen LogP contribution in [-0.4, -0.2) is 35.5 Å². The van der Waals surface area contributed by atoms with Crippen LogP contribution in [0.4, 0.5) is 4.79 Å². The van der Waals surface area contributed by atoms with Crippen molar-refractivity contribution >= 4 is 12.4 Å². The maximum absolute atomic E-state index is 11.6. The van der Waals surface area contributed by atoms with Crippen molar-refractivity contribution in [3.8, 4) is 0 Å². The van der Waals surface area contributed by atoms with Crippen LogP contribution in [0.5, 0.6) is 0 Å². The molecular formula is C15H27NO3. The van der Waals surface area contributed by atoms with Crippen LogP contribution in [0.15, 0.2) is 12.2 Å². The van der Waals surface area contributed by atoms with Crippen molar-refractivity contribution in [3.63, 3.8) is 0 Å². The van der Waals surface area contributed by atoms with Gasteiger partial charge in [-0.2, -0.15) is 0 Å². The summed E-state index contributed by atoms with van der Waals surface area (Å²) in [6, 6.07) is -0.287. The van der Waals surface area contributed by atoms with E-state index in [2.05, 4.69) is 13.5 Å². The third-order valence-corrected chi connectivity index (χ3v) is 2.69. The number of ether oxygens (including phenoxy) is 1. The highest BCUT2D eigenvalue weighted by Crippen LogP contribution is 2.19. The average Bonchev–Trinajstić information content (AvgIpc) is 2.75. The lowest BCUT2D eigenvalue weighted by Crippen LogP contribution is -2.40. The molecule has 1 fully saturated rings. The van der Waals surface area contributed by atoms with Gasteiger partial charge in [-0.15, -0.1) is 6.58 Å². The molecule has 110 valence electrons. The van der Waals surface area contributed by atoms with Gasteiger partial charge in [0.25, 0.3) is 0 Å². The van der Waals surface area contributed by atoms with Crippen molar-refractivity contribution in [3.05, 3.63) is 12.2 Å². The third kappa shape index (κ3) is 7.65. The molecule has 1 aliphatic rings. The van der Waals surface area contributed by atoms with Crippen molar-refractivity contribution in [1.29, 1.82) is 0 Å². The molecule has 4 nitrogen and oxygen atoms in total. The first-order chi connectivity index (χ1) is 8.71. The lowest BCUT2D eigenvalue weighted by molar-refractivity contribution is -0.111. The Morgan fingerprint density at radius 2 is 2.00 bits per heavy atom. The van der Waals surface area contributed by atoms with Gasteiger partial charge in [-0.3, -0.25) is 4.90 Å². The van der Waals surface area contributed by atoms with Gasteiger partial charge in [0, 0.05) is 6.54 Å². The molecule has 0 aromatic rings. The molecule has 1 amide bonds. The van der Waals surface area contributed by atoms with Gasteiger partial charge in [-0.05, 0) is 47.0 Å². The van der Waals surface area contributed by atoms with Crippen LogP contribution in [0, 0.1) is 0 Å². The Kier molecular flexibility index (Phi) is 7.42. The topological polar surface area (TPSA) is 46.6 Å². The molecule has 0 unspecified atom stereocenters. The van der Waals surface area contributed by atoms with Crippen LogP contribution in [0.2, 0.25) is 0 Å². The fraction of sp³-hybridized carbons (Fsp3) is 0.733. The highest BCUT2D eigenvalue weighted by atomic mass is 16.6. The lowest BCUT2D eigenvalue weighted by atomic mass is 10.2. The van der Waals surface area contributed by atoms with Gasteiger partial charge in [0.2, 0.25) is 0 Å². The molecule has 0 N–H and O–H groups in total. The van der Waals surface area contributed by atoms with Crippen molar-refractivity contribution in [2.24, 2.45) is 0 Å². The first-order valence-corrected chi connectivity index (χ1v) is 6.80. The summed E-state index contributed by atoms with van der Waals surface area (Å²) in [6.45, 7) is 13.9. The summed E-state index contributed by atoms with van der Waals surface area (Å²) < 4.78 is 5.18. The predicted molar refractivity (Wildman–Crippen MR) is 77.1 cm³/mol. The monoisotopic (exact) mass is 269 g/mol. The molecule has 19 heavy (non-hydrogen) atoms. The summed E-state index contributed by atoms with van der Waals surface area (Å²) in [5, 5.41) is 0. The number of allylic oxidation sites excluding steroid dienone is 1. The molecule has 1 heterocycles. The van der Waals surface area contributed by atoms with E-state index in [9.17, 15) is 9.59 Å². The van der Waals surface area contributed by atoms with E-state index in [4.69, 9.17) is 4.74 Å². The molecule has 1 saturated heterocycles. The molecular weight excluding hydrogens is 242 g/mol. The van der Waals surface area contributed by atoms with Crippen molar-refractivity contribution < 1.29 is 14.3 Å². The Balaban J connectivity index is 0.000000555. The van der Waals surface area contributed by atoms with Crippen LogP contribution in [0.25, 0.3) is 0 Å². The largest absolute Gasteiger partial charge is 0.444 e. The maximum atomic E-state index is 11.6. The summed E-state index contributed by atoms with van der Waals surface area (Å²) >= 11 is 0. The zero-order valence-corrected chi connectivity index (χ0v) is 12.9. The van der Waals surface area contributed by atoms with Gasteiger partial charge in [0.15, 0.2) is 0 Å². The number of hydrogen-bond donors (Lipinski definition) is 0. The summed E-state index contributed by atoms with van der Waals surface area (Å²) in [6.07, 6.45) is 3.18. The molecule has 0 aromatic carbocycles. The standard InChI is InChI=1S/C10H17NO3.C5H10/c1-10(2,3)14-9(13)11-6-4-5-8(11)7-12;1-4-5(2)3/h7-8H,4-6H2,1-3H3;2,4H2,1,3H3/t8-;/m1./s1. The SMILES string of the molecule is C=C(C)CC.CC(C)(C)OC(=O)N1CCC[C@@H]1C=O. The Morgan fingerprint density at radius 3 is 2.37 bits per heavy atom. The van der Waals surface area contributed by atoms with E-state index in [-0.39, 0.29) is 12.1 Å². The molecule has 1 atom stereocenters. The summed E-state index contributed by atoms with van der Waals surface area (Å²) in [7, 11) is 0. The zero-order valence-electron chi connectivity index (χ0n) is 12.9. The number of carbonyl (C=O) groups is 2. The Bertz CT molecular complexity index is 318. The fourth-order valence-electron chi connectivity index (χ4n) is 1.48. The molecule has 0 spiro atoms. The van der Waals surface area contributed by atoms with Gasteiger partial charge in [0.05, 0.1) is 6.04 Å². The lowest BCUT2D eigenvalue weighted by Gasteiger charge is -2.26. The second kappa shape index (κ2) is 7.97. The molecule has 0 radical (unpaired) electrons. The Morgan fingerprint density at radius 1 is 1.47 bits per heavy atom. The van der Waals surface area contributed by atoms with E-state index < -0.39 is 5.60 Å². The summed E-state index contributed by atoms with van der Waals surface area (Å²) in [5.41, 5.74) is 0.762. The second-order valence-corrected chi connectivity index (χ2v) is 5.83. The van der Waals surface area contributed by atoms with Gasteiger partial charge >= 0.3 is 6.09 Å².